The summed E-state index contributed by atoms with van der Waals surface area (Å²) in [5.41, 5.74) is 0.902. The summed E-state index contributed by atoms with van der Waals surface area (Å²) < 4.78 is 22.7. The summed E-state index contributed by atoms with van der Waals surface area (Å²) in [6.07, 6.45) is 1.03. The predicted molar refractivity (Wildman–Crippen MR) is 62.7 cm³/mol. The van der Waals surface area contributed by atoms with Gasteiger partial charge in [-0.05, 0) is 18.2 Å². The van der Waals surface area contributed by atoms with Crippen molar-refractivity contribution in [3.8, 4) is 0 Å². The van der Waals surface area contributed by atoms with Crippen LogP contribution < -0.4 is 0 Å². The maximum Gasteiger partial charge on any atom is 0.195 e. The molecule has 1 heterocycles. The molecule has 0 aliphatic carbocycles. The zero-order chi connectivity index (χ0) is 11.9. The van der Waals surface area contributed by atoms with Crippen molar-refractivity contribution in [2.45, 2.75) is 5.03 Å². The molecule has 0 amide bonds. The second kappa shape index (κ2) is 3.84. The molecule has 0 bridgehead atoms. The number of sulfone groups is 1. The van der Waals surface area contributed by atoms with E-state index in [-0.39, 0.29) is 10.2 Å². The van der Waals surface area contributed by atoms with Gasteiger partial charge in [0.1, 0.15) is 0 Å². The summed E-state index contributed by atoms with van der Waals surface area (Å²) in [6, 6.07) is 4.80. The number of fused-ring (bicyclic) bond motifs is 1. The Labute approximate surface area is 102 Å². The first-order valence-electron chi connectivity index (χ1n) is 4.21. The van der Waals surface area contributed by atoms with E-state index in [0.717, 1.165) is 6.26 Å². The van der Waals surface area contributed by atoms with Gasteiger partial charge in [-0.3, -0.25) is 0 Å². The van der Waals surface area contributed by atoms with Crippen molar-refractivity contribution in [3.05, 3.63) is 28.4 Å². The molecule has 0 atom stereocenters. The highest BCUT2D eigenvalue weighted by Crippen LogP contribution is 2.22. The molecule has 84 valence electrons. The topological polar surface area (TPSA) is 59.9 Å². The summed E-state index contributed by atoms with van der Waals surface area (Å²) >= 11 is 11.5. The summed E-state index contributed by atoms with van der Waals surface area (Å²) in [5, 5.41) is 0.102. The van der Waals surface area contributed by atoms with E-state index >= 15 is 0 Å². The van der Waals surface area contributed by atoms with Gasteiger partial charge >= 0.3 is 0 Å². The van der Waals surface area contributed by atoms with E-state index in [1.165, 1.54) is 6.07 Å². The summed E-state index contributed by atoms with van der Waals surface area (Å²) in [7, 11) is -3.49. The average molecular weight is 277 g/mol. The maximum absolute atomic E-state index is 11.4. The number of aromatic nitrogens is 2. The number of halogens is 2. The lowest BCUT2D eigenvalue weighted by atomic mass is 10.3. The highest BCUT2D eigenvalue weighted by Gasteiger charge is 2.16. The molecule has 0 aliphatic heterocycles. The Bertz CT molecular complexity index is 671. The summed E-state index contributed by atoms with van der Waals surface area (Å²) in [5.74, 6) is 0. The SMILES string of the molecule is CS(=O)(=O)c1nc2cc(Cl)ccc2nc1Cl. The predicted octanol–water partition coefficient (Wildman–Crippen LogP) is 2.34. The fraction of sp³-hybridized carbons (Fsp3) is 0.111. The largest absolute Gasteiger partial charge is 0.232 e. The molecule has 0 N–H and O–H groups in total. The van der Waals surface area contributed by atoms with Crippen molar-refractivity contribution in [3.63, 3.8) is 0 Å². The van der Waals surface area contributed by atoms with Gasteiger partial charge < -0.3 is 0 Å². The second-order valence-corrected chi connectivity index (χ2v) is 5.95. The monoisotopic (exact) mass is 276 g/mol. The minimum atomic E-state index is -3.49. The van der Waals surface area contributed by atoms with Gasteiger partial charge in [0, 0.05) is 11.3 Å². The first-order valence-corrected chi connectivity index (χ1v) is 6.85. The zero-order valence-electron chi connectivity index (χ0n) is 8.11. The standard InChI is InChI=1S/C9H6Cl2N2O2S/c1-16(14,15)9-8(11)12-6-3-2-5(10)4-7(6)13-9/h2-4H,1H3. The van der Waals surface area contributed by atoms with Gasteiger partial charge in [-0.1, -0.05) is 23.2 Å². The zero-order valence-corrected chi connectivity index (χ0v) is 10.4. The Morgan fingerprint density at radius 3 is 2.44 bits per heavy atom. The van der Waals surface area contributed by atoms with Gasteiger partial charge in [0.2, 0.25) is 0 Å². The molecule has 1 aromatic carbocycles. The van der Waals surface area contributed by atoms with Crippen LogP contribution >= 0.6 is 23.2 Å². The van der Waals surface area contributed by atoms with Crippen LogP contribution in [0, 0.1) is 0 Å². The van der Waals surface area contributed by atoms with Crippen molar-refractivity contribution < 1.29 is 8.42 Å². The lowest BCUT2D eigenvalue weighted by Crippen LogP contribution is -2.03. The van der Waals surface area contributed by atoms with E-state index in [1.807, 2.05) is 0 Å². The van der Waals surface area contributed by atoms with Crippen LogP contribution in [0.15, 0.2) is 23.2 Å². The highest BCUT2D eigenvalue weighted by atomic mass is 35.5. The van der Waals surface area contributed by atoms with Gasteiger partial charge in [-0.2, -0.15) is 0 Å². The number of benzene rings is 1. The van der Waals surface area contributed by atoms with Crippen LogP contribution in [0.25, 0.3) is 11.0 Å². The Hall–Kier alpha value is -0.910. The molecule has 4 nitrogen and oxygen atoms in total. The highest BCUT2D eigenvalue weighted by molar-refractivity contribution is 7.90. The molecule has 0 unspecified atom stereocenters. The number of nitrogens with zero attached hydrogens (tertiary/aromatic N) is 2. The maximum atomic E-state index is 11.4. The van der Waals surface area contributed by atoms with E-state index in [4.69, 9.17) is 23.2 Å². The van der Waals surface area contributed by atoms with Gasteiger partial charge in [0.25, 0.3) is 0 Å². The van der Waals surface area contributed by atoms with E-state index in [1.54, 1.807) is 12.1 Å². The fourth-order valence-corrected chi connectivity index (χ4v) is 2.56. The van der Waals surface area contributed by atoms with E-state index in [0.29, 0.717) is 16.1 Å². The smallest absolute Gasteiger partial charge is 0.195 e. The summed E-state index contributed by atoms with van der Waals surface area (Å²) in [4.78, 5) is 7.89. The Morgan fingerprint density at radius 2 is 1.81 bits per heavy atom. The minimum Gasteiger partial charge on any atom is -0.232 e. The van der Waals surface area contributed by atoms with Crippen molar-refractivity contribution in [2.24, 2.45) is 0 Å². The van der Waals surface area contributed by atoms with Gasteiger partial charge in [-0.25, -0.2) is 18.4 Å². The Morgan fingerprint density at radius 1 is 1.12 bits per heavy atom. The van der Waals surface area contributed by atoms with Gasteiger partial charge in [0.15, 0.2) is 20.0 Å². The normalized spacial score (nSPS) is 11.9. The third kappa shape index (κ3) is 2.11. The molecule has 0 saturated heterocycles. The van der Waals surface area contributed by atoms with Crippen molar-refractivity contribution in [1.82, 2.24) is 9.97 Å². The fourth-order valence-electron chi connectivity index (χ4n) is 1.23. The second-order valence-electron chi connectivity index (χ2n) is 3.22. The molecular weight excluding hydrogens is 271 g/mol. The first-order chi connectivity index (χ1) is 7.38. The first kappa shape index (κ1) is 11.6. The van der Waals surface area contributed by atoms with Crippen LogP contribution in [0.1, 0.15) is 0 Å². The van der Waals surface area contributed by atoms with Crippen molar-refractivity contribution in [2.75, 3.05) is 6.26 Å². The third-order valence-electron chi connectivity index (χ3n) is 1.91. The number of hydrogen-bond acceptors (Lipinski definition) is 4. The number of rotatable bonds is 1. The van der Waals surface area contributed by atoms with E-state index < -0.39 is 9.84 Å². The van der Waals surface area contributed by atoms with Crippen LogP contribution in [-0.4, -0.2) is 24.6 Å². The van der Waals surface area contributed by atoms with Crippen molar-refractivity contribution >= 4 is 44.1 Å². The average Bonchev–Trinajstić information content (AvgIpc) is 2.16. The van der Waals surface area contributed by atoms with Crippen LogP contribution in [-0.2, 0) is 9.84 Å². The molecule has 0 saturated carbocycles. The van der Waals surface area contributed by atoms with Crippen LogP contribution in [0.5, 0.6) is 0 Å². The summed E-state index contributed by atoms with van der Waals surface area (Å²) in [6.45, 7) is 0. The van der Waals surface area contributed by atoms with Crippen LogP contribution in [0.3, 0.4) is 0 Å². The molecule has 1 aromatic heterocycles. The minimum absolute atomic E-state index is 0.127. The molecule has 0 radical (unpaired) electrons. The molecule has 16 heavy (non-hydrogen) atoms. The quantitative estimate of drug-likeness (QED) is 0.802. The van der Waals surface area contributed by atoms with E-state index in [9.17, 15) is 8.42 Å². The lowest BCUT2D eigenvalue weighted by Gasteiger charge is -2.03. The Balaban J connectivity index is 2.84. The molecular formula is C9H6Cl2N2O2S. The van der Waals surface area contributed by atoms with Gasteiger partial charge in [0.05, 0.1) is 11.0 Å². The lowest BCUT2D eigenvalue weighted by molar-refractivity contribution is 0.598. The molecule has 2 aromatic rings. The third-order valence-corrected chi connectivity index (χ3v) is 3.50. The van der Waals surface area contributed by atoms with Crippen LogP contribution in [0.2, 0.25) is 10.2 Å². The Kier molecular flexibility index (Phi) is 2.77. The molecule has 2 rings (SSSR count). The number of hydrogen-bond donors (Lipinski definition) is 0. The molecule has 0 aliphatic rings. The van der Waals surface area contributed by atoms with Crippen molar-refractivity contribution in [1.29, 1.82) is 0 Å². The molecule has 7 heteroatoms. The van der Waals surface area contributed by atoms with E-state index in [2.05, 4.69) is 9.97 Å². The molecule has 0 spiro atoms. The van der Waals surface area contributed by atoms with Crippen LogP contribution in [0.4, 0.5) is 0 Å². The molecule has 0 fully saturated rings. The van der Waals surface area contributed by atoms with Gasteiger partial charge in [-0.15, -0.1) is 0 Å².